The average molecular weight is 278 g/mol. The van der Waals surface area contributed by atoms with Crippen LogP contribution in [0.3, 0.4) is 0 Å². The van der Waals surface area contributed by atoms with Gasteiger partial charge in [-0.1, -0.05) is 42.5 Å². The normalized spacial score (nSPS) is 10.6. The lowest BCUT2D eigenvalue weighted by Crippen LogP contribution is -2.12. The molecule has 0 aliphatic rings. The number of nitrogens with one attached hydrogen (secondary N) is 1. The maximum atomic E-state index is 4.47. The van der Waals surface area contributed by atoms with Crippen LogP contribution < -0.4 is 10.2 Å². The van der Waals surface area contributed by atoms with E-state index in [9.17, 15) is 0 Å². The zero-order valence-corrected chi connectivity index (χ0v) is 12.2. The highest BCUT2D eigenvalue weighted by Crippen LogP contribution is 2.19. The highest BCUT2D eigenvalue weighted by atomic mass is 15.2. The molecular weight excluding hydrogens is 260 g/mol. The molecule has 1 aromatic heterocycles. The molecule has 3 aromatic rings. The van der Waals surface area contributed by atoms with Crippen LogP contribution in [0.15, 0.2) is 54.7 Å². The molecule has 0 amide bonds. The molecular formula is C17H18N4. The van der Waals surface area contributed by atoms with Crippen LogP contribution in [0.4, 0.5) is 11.8 Å². The fourth-order valence-electron chi connectivity index (χ4n) is 2.30. The molecule has 1 heterocycles. The Morgan fingerprint density at radius 2 is 1.81 bits per heavy atom. The molecule has 1 N–H and O–H groups in total. The van der Waals surface area contributed by atoms with E-state index in [1.165, 1.54) is 16.3 Å². The van der Waals surface area contributed by atoms with Crippen LogP contribution in [-0.2, 0) is 6.54 Å². The van der Waals surface area contributed by atoms with Crippen LogP contribution in [0, 0.1) is 0 Å². The number of nitrogens with zero attached hydrogens (tertiary/aromatic N) is 3. The van der Waals surface area contributed by atoms with Crippen molar-refractivity contribution >= 4 is 22.5 Å². The number of fused-ring (bicyclic) bond motifs is 1. The zero-order chi connectivity index (χ0) is 14.7. The number of hydrogen-bond acceptors (Lipinski definition) is 4. The summed E-state index contributed by atoms with van der Waals surface area (Å²) in [5, 5.41) is 5.81. The van der Waals surface area contributed by atoms with Crippen molar-refractivity contribution < 1.29 is 0 Å². The Hall–Kier alpha value is -2.62. The van der Waals surface area contributed by atoms with Crippen molar-refractivity contribution in [1.82, 2.24) is 9.97 Å². The minimum absolute atomic E-state index is 0.647. The summed E-state index contributed by atoms with van der Waals surface area (Å²) in [5.41, 5.74) is 1.24. The second-order valence-electron chi connectivity index (χ2n) is 5.12. The highest BCUT2D eigenvalue weighted by molar-refractivity contribution is 5.85. The minimum Gasteiger partial charge on any atom is -0.363 e. The first-order valence-corrected chi connectivity index (χ1v) is 6.95. The lowest BCUT2D eigenvalue weighted by Gasteiger charge is -2.13. The van der Waals surface area contributed by atoms with Crippen LogP contribution in [0.5, 0.6) is 0 Å². The molecule has 0 aliphatic carbocycles. The Kier molecular flexibility index (Phi) is 3.69. The Balaban J connectivity index is 1.82. The fourth-order valence-corrected chi connectivity index (χ4v) is 2.30. The second-order valence-corrected chi connectivity index (χ2v) is 5.12. The average Bonchev–Trinajstić information content (AvgIpc) is 2.53. The molecule has 0 atom stereocenters. The van der Waals surface area contributed by atoms with E-state index in [0.717, 1.165) is 5.82 Å². The molecule has 0 unspecified atom stereocenters. The topological polar surface area (TPSA) is 41.1 Å². The van der Waals surface area contributed by atoms with E-state index in [2.05, 4.69) is 57.7 Å². The van der Waals surface area contributed by atoms with E-state index < -0.39 is 0 Å². The third-order valence-corrected chi connectivity index (χ3v) is 3.42. The van der Waals surface area contributed by atoms with E-state index in [1.54, 1.807) is 6.20 Å². The van der Waals surface area contributed by atoms with Crippen molar-refractivity contribution in [3.63, 3.8) is 0 Å². The number of anilines is 2. The van der Waals surface area contributed by atoms with Crippen molar-refractivity contribution in [2.45, 2.75) is 6.54 Å². The first-order valence-electron chi connectivity index (χ1n) is 6.95. The molecule has 21 heavy (non-hydrogen) atoms. The lowest BCUT2D eigenvalue weighted by atomic mass is 10.0. The van der Waals surface area contributed by atoms with E-state index in [0.29, 0.717) is 12.5 Å². The summed E-state index contributed by atoms with van der Waals surface area (Å²) in [5.74, 6) is 1.54. The fraction of sp³-hybridized carbons (Fsp3) is 0.176. The summed E-state index contributed by atoms with van der Waals surface area (Å²) < 4.78 is 0. The largest absolute Gasteiger partial charge is 0.363 e. The van der Waals surface area contributed by atoms with Crippen LogP contribution in [0.25, 0.3) is 10.8 Å². The van der Waals surface area contributed by atoms with Crippen LogP contribution in [-0.4, -0.2) is 24.1 Å². The van der Waals surface area contributed by atoms with E-state index in [4.69, 9.17) is 0 Å². The second kappa shape index (κ2) is 5.79. The molecule has 3 rings (SSSR count). The van der Waals surface area contributed by atoms with Crippen LogP contribution >= 0.6 is 0 Å². The van der Waals surface area contributed by atoms with Gasteiger partial charge in [-0.25, -0.2) is 4.98 Å². The molecule has 106 valence electrons. The molecule has 4 nitrogen and oxygen atoms in total. The molecule has 0 spiro atoms. The molecule has 2 aromatic carbocycles. The third-order valence-electron chi connectivity index (χ3n) is 3.42. The van der Waals surface area contributed by atoms with Gasteiger partial charge in [-0.3, -0.25) is 0 Å². The van der Waals surface area contributed by atoms with E-state index in [-0.39, 0.29) is 0 Å². The molecule has 0 fully saturated rings. The Bertz CT molecular complexity index is 747. The highest BCUT2D eigenvalue weighted by Gasteiger charge is 2.03. The quantitative estimate of drug-likeness (QED) is 0.795. The minimum atomic E-state index is 0.647. The molecule has 0 bridgehead atoms. The standard InChI is InChI=1S/C17H18N4/c1-21(2)16-10-11-18-17(20-16)19-12-14-8-5-7-13-6-3-4-9-15(13)14/h3-11H,12H2,1-2H3,(H,18,19,20). The van der Waals surface area contributed by atoms with Gasteiger partial charge in [0.1, 0.15) is 5.82 Å². The Morgan fingerprint density at radius 1 is 1.00 bits per heavy atom. The predicted molar refractivity (Wildman–Crippen MR) is 87.6 cm³/mol. The summed E-state index contributed by atoms with van der Waals surface area (Å²) in [6.07, 6.45) is 1.77. The van der Waals surface area contributed by atoms with Crippen LogP contribution in [0.2, 0.25) is 0 Å². The van der Waals surface area contributed by atoms with Crippen LogP contribution in [0.1, 0.15) is 5.56 Å². The third kappa shape index (κ3) is 2.94. The Morgan fingerprint density at radius 3 is 2.67 bits per heavy atom. The maximum Gasteiger partial charge on any atom is 0.224 e. The SMILES string of the molecule is CN(C)c1ccnc(NCc2cccc3ccccc23)n1. The van der Waals surface area contributed by atoms with Crippen molar-refractivity contribution in [3.8, 4) is 0 Å². The van der Waals surface area contributed by atoms with Gasteiger partial charge in [-0.05, 0) is 22.4 Å². The summed E-state index contributed by atoms with van der Waals surface area (Å²) in [6.45, 7) is 0.707. The van der Waals surface area contributed by atoms with Crippen molar-refractivity contribution in [2.24, 2.45) is 0 Å². The van der Waals surface area contributed by atoms with Gasteiger partial charge in [0.05, 0.1) is 0 Å². The number of aromatic nitrogens is 2. The van der Waals surface area contributed by atoms with Gasteiger partial charge in [0.25, 0.3) is 0 Å². The van der Waals surface area contributed by atoms with Gasteiger partial charge < -0.3 is 10.2 Å². The van der Waals surface area contributed by atoms with Gasteiger partial charge >= 0.3 is 0 Å². The van der Waals surface area contributed by atoms with Gasteiger partial charge in [0.2, 0.25) is 5.95 Å². The monoisotopic (exact) mass is 278 g/mol. The summed E-state index contributed by atoms with van der Waals surface area (Å²) in [4.78, 5) is 10.7. The maximum absolute atomic E-state index is 4.47. The smallest absolute Gasteiger partial charge is 0.224 e. The summed E-state index contributed by atoms with van der Waals surface area (Å²) in [6, 6.07) is 16.6. The first-order chi connectivity index (χ1) is 10.2. The van der Waals surface area contributed by atoms with Gasteiger partial charge in [0.15, 0.2) is 0 Å². The zero-order valence-electron chi connectivity index (χ0n) is 12.2. The predicted octanol–water partition coefficient (Wildman–Crippen LogP) is 3.31. The number of rotatable bonds is 4. The number of hydrogen-bond donors (Lipinski definition) is 1. The number of benzene rings is 2. The summed E-state index contributed by atoms with van der Waals surface area (Å²) >= 11 is 0. The Labute approximate surface area is 124 Å². The first kappa shape index (κ1) is 13.4. The molecule has 0 aliphatic heterocycles. The molecule has 0 saturated heterocycles. The molecule has 0 saturated carbocycles. The molecule has 4 heteroatoms. The van der Waals surface area contributed by atoms with Gasteiger partial charge in [-0.2, -0.15) is 4.98 Å². The lowest BCUT2D eigenvalue weighted by molar-refractivity contribution is 1.01. The van der Waals surface area contributed by atoms with Gasteiger partial charge in [-0.15, -0.1) is 0 Å². The van der Waals surface area contributed by atoms with Crippen molar-refractivity contribution in [3.05, 3.63) is 60.3 Å². The molecule has 0 radical (unpaired) electrons. The van der Waals surface area contributed by atoms with Gasteiger partial charge in [0, 0.05) is 26.8 Å². The van der Waals surface area contributed by atoms with E-state index in [1.807, 2.05) is 25.1 Å². The van der Waals surface area contributed by atoms with E-state index >= 15 is 0 Å². The van der Waals surface area contributed by atoms with Crippen molar-refractivity contribution in [2.75, 3.05) is 24.3 Å². The summed E-state index contributed by atoms with van der Waals surface area (Å²) in [7, 11) is 3.94. The van der Waals surface area contributed by atoms with Crippen molar-refractivity contribution in [1.29, 1.82) is 0 Å².